The third-order valence-electron chi connectivity index (χ3n) is 0.812. The molecule has 47 valence electrons. The predicted molar refractivity (Wildman–Crippen MR) is 30.2 cm³/mol. The van der Waals surface area contributed by atoms with Gasteiger partial charge in [-0.1, -0.05) is 0 Å². The van der Waals surface area contributed by atoms with Crippen LogP contribution in [0.2, 0.25) is 0 Å². The molecule has 0 rings (SSSR count). The molecule has 8 heavy (non-hydrogen) atoms. The Labute approximate surface area is 75.9 Å². The number of nitrogens with one attached hydrogen (secondary N) is 1. The Hall–Kier alpha value is 1.02. The first-order valence-corrected chi connectivity index (χ1v) is 2.60. The van der Waals surface area contributed by atoms with Crippen LogP contribution in [-0.2, 0) is 32.7 Å². The molecule has 1 radical (unpaired) electrons. The average Bonchev–Trinajstić information content (AvgIpc) is 1.61. The summed E-state index contributed by atoms with van der Waals surface area (Å²) in [5.41, 5.74) is 0. The van der Waals surface area contributed by atoms with Crippen LogP contribution in [0.15, 0.2) is 0 Å². The molecule has 0 fully saturated rings. The molecule has 0 aromatic rings. The summed E-state index contributed by atoms with van der Waals surface area (Å²) in [6.45, 7) is 2.69. The summed E-state index contributed by atoms with van der Waals surface area (Å²) in [5, 5.41) is 11.6. The van der Waals surface area contributed by atoms with Crippen molar-refractivity contribution in [2.24, 2.45) is 0 Å². The largest absolute Gasteiger partial charge is 0.393 e. The molecular formula is C5H13NOY. The smallest absolute Gasteiger partial charge is 0.0524 e. The second-order valence-corrected chi connectivity index (χ2v) is 1.74. The van der Waals surface area contributed by atoms with Crippen molar-refractivity contribution in [2.75, 3.05) is 13.6 Å². The standard InChI is InChI=1S/C5H13NO.Y/c1-5(7)3-4-6-2;/h5-7H,3-4H2,1-2H3;/t5-;/m0./s1. The van der Waals surface area contributed by atoms with E-state index in [0.29, 0.717) is 0 Å². The van der Waals surface area contributed by atoms with Crippen LogP contribution in [0.25, 0.3) is 0 Å². The van der Waals surface area contributed by atoms with Crippen molar-refractivity contribution in [1.29, 1.82) is 0 Å². The molecule has 0 heterocycles. The van der Waals surface area contributed by atoms with Gasteiger partial charge in [-0.25, -0.2) is 0 Å². The van der Waals surface area contributed by atoms with Crippen LogP contribution in [0, 0.1) is 0 Å². The van der Waals surface area contributed by atoms with Gasteiger partial charge in [-0.2, -0.15) is 0 Å². The maximum absolute atomic E-state index is 8.64. The van der Waals surface area contributed by atoms with Crippen molar-refractivity contribution in [3.63, 3.8) is 0 Å². The molecule has 0 bridgehead atoms. The minimum atomic E-state index is -0.160. The van der Waals surface area contributed by atoms with Gasteiger partial charge in [0.1, 0.15) is 0 Å². The second kappa shape index (κ2) is 8.02. The molecule has 3 heteroatoms. The van der Waals surface area contributed by atoms with Crippen LogP contribution in [0.1, 0.15) is 13.3 Å². The Bertz CT molecular complexity index is 41.4. The van der Waals surface area contributed by atoms with Gasteiger partial charge >= 0.3 is 0 Å². The Morgan fingerprint density at radius 3 is 2.25 bits per heavy atom. The van der Waals surface area contributed by atoms with Gasteiger partial charge in [-0.15, -0.1) is 0 Å². The van der Waals surface area contributed by atoms with Crippen molar-refractivity contribution in [2.45, 2.75) is 19.4 Å². The Morgan fingerprint density at radius 1 is 1.62 bits per heavy atom. The van der Waals surface area contributed by atoms with E-state index in [0.717, 1.165) is 13.0 Å². The zero-order valence-electron chi connectivity index (χ0n) is 5.52. The van der Waals surface area contributed by atoms with Crippen molar-refractivity contribution in [3.05, 3.63) is 0 Å². The average molecular weight is 192 g/mol. The monoisotopic (exact) mass is 192 g/mol. The maximum atomic E-state index is 8.64. The number of aliphatic hydroxyl groups is 1. The van der Waals surface area contributed by atoms with Crippen LogP contribution < -0.4 is 5.32 Å². The van der Waals surface area contributed by atoms with Gasteiger partial charge in [-0.05, 0) is 26.9 Å². The fraction of sp³-hybridized carbons (Fsp3) is 1.00. The zero-order valence-corrected chi connectivity index (χ0v) is 8.35. The minimum absolute atomic E-state index is 0. The van der Waals surface area contributed by atoms with E-state index >= 15 is 0 Å². The van der Waals surface area contributed by atoms with E-state index in [9.17, 15) is 0 Å². The van der Waals surface area contributed by atoms with E-state index < -0.39 is 0 Å². The minimum Gasteiger partial charge on any atom is -0.393 e. The normalized spacial score (nSPS) is 12.4. The van der Waals surface area contributed by atoms with Crippen molar-refractivity contribution in [3.8, 4) is 0 Å². The van der Waals surface area contributed by atoms with Crippen LogP contribution in [0.5, 0.6) is 0 Å². The van der Waals surface area contributed by atoms with E-state index in [1.165, 1.54) is 0 Å². The van der Waals surface area contributed by atoms with E-state index in [1.54, 1.807) is 6.92 Å². The molecule has 0 aliphatic rings. The van der Waals surface area contributed by atoms with Crippen LogP contribution in [0.3, 0.4) is 0 Å². The van der Waals surface area contributed by atoms with Crippen LogP contribution >= 0.6 is 0 Å². The molecule has 0 aliphatic heterocycles. The molecule has 0 aliphatic carbocycles. The third kappa shape index (κ3) is 10.1. The molecular weight excluding hydrogens is 179 g/mol. The first-order chi connectivity index (χ1) is 3.27. The predicted octanol–water partition coefficient (Wildman–Crippen LogP) is -0.0258. The zero-order chi connectivity index (χ0) is 5.70. The van der Waals surface area contributed by atoms with Crippen molar-refractivity contribution < 1.29 is 37.8 Å². The number of rotatable bonds is 3. The molecule has 0 spiro atoms. The summed E-state index contributed by atoms with van der Waals surface area (Å²) in [5.74, 6) is 0. The maximum Gasteiger partial charge on any atom is 0.0524 e. The Balaban J connectivity index is 0. The van der Waals surface area contributed by atoms with Gasteiger partial charge in [-0.3, -0.25) is 0 Å². The first kappa shape index (κ1) is 11.8. The van der Waals surface area contributed by atoms with Gasteiger partial charge < -0.3 is 10.4 Å². The summed E-state index contributed by atoms with van der Waals surface area (Å²) in [7, 11) is 1.88. The van der Waals surface area contributed by atoms with E-state index in [2.05, 4.69) is 5.32 Å². The summed E-state index contributed by atoms with van der Waals surface area (Å²) in [6, 6.07) is 0. The van der Waals surface area contributed by atoms with E-state index in [4.69, 9.17) is 5.11 Å². The van der Waals surface area contributed by atoms with Crippen molar-refractivity contribution in [1.82, 2.24) is 5.32 Å². The quantitative estimate of drug-likeness (QED) is 0.658. The molecule has 0 aromatic carbocycles. The molecule has 2 N–H and O–H groups in total. The van der Waals surface area contributed by atoms with Crippen molar-refractivity contribution >= 4 is 0 Å². The molecule has 0 amide bonds. The first-order valence-electron chi connectivity index (χ1n) is 2.60. The molecule has 0 unspecified atom stereocenters. The fourth-order valence-corrected chi connectivity index (χ4v) is 0.353. The molecule has 0 saturated carbocycles. The molecule has 0 saturated heterocycles. The summed E-state index contributed by atoms with van der Waals surface area (Å²) in [6.07, 6.45) is 0.684. The summed E-state index contributed by atoms with van der Waals surface area (Å²) < 4.78 is 0. The molecule has 1 atom stereocenters. The summed E-state index contributed by atoms with van der Waals surface area (Å²) in [4.78, 5) is 0. The topological polar surface area (TPSA) is 32.3 Å². The van der Waals surface area contributed by atoms with Gasteiger partial charge in [0.15, 0.2) is 0 Å². The third-order valence-corrected chi connectivity index (χ3v) is 0.812. The van der Waals surface area contributed by atoms with Gasteiger partial charge in [0.25, 0.3) is 0 Å². The van der Waals surface area contributed by atoms with Gasteiger partial charge in [0.2, 0.25) is 0 Å². The number of hydrogen-bond acceptors (Lipinski definition) is 2. The Kier molecular flexibility index (Phi) is 11.8. The van der Waals surface area contributed by atoms with Crippen LogP contribution in [0.4, 0.5) is 0 Å². The SMILES string of the molecule is CNCC[C@H](C)O.[Y]. The fourth-order valence-electron chi connectivity index (χ4n) is 0.353. The molecule has 2 nitrogen and oxygen atoms in total. The number of aliphatic hydroxyl groups excluding tert-OH is 1. The van der Waals surface area contributed by atoms with Gasteiger partial charge in [0, 0.05) is 32.7 Å². The van der Waals surface area contributed by atoms with Crippen LogP contribution in [-0.4, -0.2) is 24.8 Å². The summed E-state index contributed by atoms with van der Waals surface area (Å²) >= 11 is 0. The van der Waals surface area contributed by atoms with Gasteiger partial charge in [0.05, 0.1) is 6.10 Å². The second-order valence-electron chi connectivity index (χ2n) is 1.74. The van der Waals surface area contributed by atoms with E-state index in [1.807, 2.05) is 7.05 Å². The molecule has 0 aromatic heterocycles. The van der Waals surface area contributed by atoms with E-state index in [-0.39, 0.29) is 38.8 Å². The number of hydrogen-bond donors (Lipinski definition) is 2. The Morgan fingerprint density at radius 2 is 2.12 bits per heavy atom.